The lowest BCUT2D eigenvalue weighted by molar-refractivity contribution is 0.0438. The van der Waals surface area contributed by atoms with Gasteiger partial charge in [-0.2, -0.15) is 0 Å². The van der Waals surface area contributed by atoms with E-state index in [0.717, 1.165) is 19.3 Å². The molecule has 5 nitrogen and oxygen atoms in total. The Kier molecular flexibility index (Phi) is 15.5. The highest BCUT2D eigenvalue weighted by molar-refractivity contribution is 5.91. The van der Waals surface area contributed by atoms with E-state index < -0.39 is 11.9 Å². The fraction of sp³-hybridized carbons (Fsp3) is 0.731. The Balaban J connectivity index is 2.12. The molecule has 0 amide bonds. The summed E-state index contributed by atoms with van der Waals surface area (Å²) in [5, 5.41) is 0. The molecule has 0 fully saturated rings. The minimum absolute atomic E-state index is 0.142. The summed E-state index contributed by atoms with van der Waals surface area (Å²) >= 11 is 0. The van der Waals surface area contributed by atoms with E-state index in [0.29, 0.717) is 19.1 Å². The molecule has 1 rings (SSSR count). The lowest BCUT2D eigenvalue weighted by Gasteiger charge is -2.09. The molecule has 0 aromatic carbocycles. The van der Waals surface area contributed by atoms with Crippen molar-refractivity contribution in [2.45, 2.75) is 104 Å². The first-order valence-corrected chi connectivity index (χ1v) is 12.4. The predicted molar refractivity (Wildman–Crippen MR) is 125 cm³/mol. The van der Waals surface area contributed by atoms with Crippen molar-refractivity contribution in [3.8, 4) is 0 Å². The molecule has 5 heteroatoms. The molecule has 1 atom stereocenters. The van der Waals surface area contributed by atoms with Crippen LogP contribution in [-0.4, -0.2) is 30.1 Å². The van der Waals surface area contributed by atoms with Gasteiger partial charge in [-0.3, -0.25) is 0 Å². The Morgan fingerprint density at radius 2 is 1.26 bits per heavy atom. The van der Waals surface area contributed by atoms with Crippen LogP contribution in [0.4, 0.5) is 0 Å². The molecular formula is C26H43NO4. The molecule has 0 N–H and O–H groups in total. The van der Waals surface area contributed by atoms with Crippen molar-refractivity contribution >= 4 is 11.9 Å². The van der Waals surface area contributed by atoms with Gasteiger partial charge < -0.3 is 9.47 Å². The number of nitrogens with zero attached hydrogens (tertiary/aromatic N) is 1. The monoisotopic (exact) mass is 433 g/mol. The molecule has 0 bridgehead atoms. The summed E-state index contributed by atoms with van der Waals surface area (Å²) in [5.74, 6) is -0.691. The average molecular weight is 434 g/mol. The van der Waals surface area contributed by atoms with E-state index in [1.165, 1.54) is 64.2 Å². The number of aromatic nitrogens is 1. The maximum absolute atomic E-state index is 12.2. The van der Waals surface area contributed by atoms with Crippen LogP contribution >= 0.6 is 0 Å². The number of esters is 2. The number of hydrogen-bond donors (Lipinski definition) is 0. The summed E-state index contributed by atoms with van der Waals surface area (Å²) in [6.07, 6.45) is 16.1. The Morgan fingerprint density at radius 1 is 0.774 bits per heavy atom. The van der Waals surface area contributed by atoms with Gasteiger partial charge in [-0.1, -0.05) is 104 Å². The van der Waals surface area contributed by atoms with Gasteiger partial charge in [-0.25, -0.2) is 14.6 Å². The van der Waals surface area contributed by atoms with E-state index in [4.69, 9.17) is 9.47 Å². The summed E-state index contributed by atoms with van der Waals surface area (Å²) in [6, 6.07) is 4.75. The molecule has 1 unspecified atom stereocenters. The number of rotatable bonds is 18. The molecule has 1 heterocycles. The molecule has 1 aromatic rings. The molecule has 0 aliphatic rings. The third-order valence-electron chi connectivity index (χ3n) is 5.59. The average Bonchev–Trinajstić information content (AvgIpc) is 2.80. The number of carbonyl (C=O) groups excluding carboxylic acids is 2. The minimum atomic E-state index is -0.504. The maximum atomic E-state index is 12.2. The van der Waals surface area contributed by atoms with Crippen molar-refractivity contribution < 1.29 is 19.1 Å². The van der Waals surface area contributed by atoms with Crippen LogP contribution in [0.3, 0.4) is 0 Å². The molecule has 0 spiro atoms. The molecule has 0 saturated heterocycles. The van der Waals surface area contributed by atoms with E-state index in [9.17, 15) is 9.59 Å². The van der Waals surface area contributed by atoms with Gasteiger partial charge in [-0.05, 0) is 24.5 Å². The van der Waals surface area contributed by atoms with E-state index in [1.807, 2.05) is 13.8 Å². The van der Waals surface area contributed by atoms with Crippen LogP contribution in [0.2, 0.25) is 0 Å². The molecular weight excluding hydrogens is 390 g/mol. The zero-order valence-corrected chi connectivity index (χ0v) is 20.0. The summed E-state index contributed by atoms with van der Waals surface area (Å²) in [7, 11) is 0. The molecule has 1 aromatic heterocycles. The molecule has 0 aliphatic carbocycles. The second kappa shape index (κ2) is 17.7. The molecule has 0 saturated carbocycles. The quantitative estimate of drug-likeness (QED) is 0.182. The number of carbonyl (C=O) groups is 2. The van der Waals surface area contributed by atoms with Crippen LogP contribution in [-0.2, 0) is 9.47 Å². The maximum Gasteiger partial charge on any atom is 0.356 e. The molecule has 176 valence electrons. The lowest BCUT2D eigenvalue weighted by Crippen LogP contribution is -2.15. The van der Waals surface area contributed by atoms with Crippen molar-refractivity contribution in [2.24, 2.45) is 5.92 Å². The fourth-order valence-electron chi connectivity index (χ4n) is 3.25. The van der Waals surface area contributed by atoms with Crippen molar-refractivity contribution in [3.05, 3.63) is 29.6 Å². The number of pyridine rings is 1. The molecule has 0 aliphatic heterocycles. The summed E-state index contributed by atoms with van der Waals surface area (Å²) < 4.78 is 10.6. The highest BCUT2D eigenvalue weighted by Crippen LogP contribution is 2.12. The van der Waals surface area contributed by atoms with Crippen LogP contribution in [0.5, 0.6) is 0 Å². The van der Waals surface area contributed by atoms with Crippen LogP contribution in [0.15, 0.2) is 18.2 Å². The SMILES string of the molecule is CCCCCCCCCCCCCCOC(=O)c1cccc(C(=O)OCC(C)CC)n1. The lowest BCUT2D eigenvalue weighted by atomic mass is 10.1. The number of unbranched alkanes of at least 4 members (excludes halogenated alkanes) is 11. The number of hydrogen-bond acceptors (Lipinski definition) is 5. The standard InChI is InChI=1S/C26H43NO4/c1-4-6-7-8-9-10-11-12-13-14-15-16-20-30-25(28)23-18-17-19-24(27-23)26(29)31-21-22(3)5-2/h17-19,22H,4-16,20-21H2,1-3H3. The fourth-order valence-corrected chi connectivity index (χ4v) is 3.25. The topological polar surface area (TPSA) is 65.5 Å². The van der Waals surface area contributed by atoms with Crippen LogP contribution in [0, 0.1) is 5.92 Å². The van der Waals surface area contributed by atoms with Crippen molar-refractivity contribution in [1.82, 2.24) is 4.98 Å². The van der Waals surface area contributed by atoms with Gasteiger partial charge in [-0.15, -0.1) is 0 Å². The van der Waals surface area contributed by atoms with Gasteiger partial charge in [0.15, 0.2) is 0 Å². The Hall–Kier alpha value is -1.91. The van der Waals surface area contributed by atoms with Gasteiger partial charge in [0.25, 0.3) is 0 Å². The highest BCUT2D eigenvalue weighted by Gasteiger charge is 2.15. The summed E-state index contributed by atoms with van der Waals surface area (Å²) in [5.41, 5.74) is 0.292. The van der Waals surface area contributed by atoms with E-state index in [1.54, 1.807) is 18.2 Å². The first-order chi connectivity index (χ1) is 15.1. The second-order valence-electron chi connectivity index (χ2n) is 8.54. The van der Waals surface area contributed by atoms with Crippen LogP contribution in [0.1, 0.15) is 125 Å². The zero-order valence-electron chi connectivity index (χ0n) is 20.0. The largest absolute Gasteiger partial charge is 0.461 e. The summed E-state index contributed by atoms with van der Waals surface area (Å²) in [4.78, 5) is 28.4. The van der Waals surface area contributed by atoms with Crippen molar-refractivity contribution in [2.75, 3.05) is 13.2 Å². The van der Waals surface area contributed by atoms with Gasteiger partial charge in [0.1, 0.15) is 11.4 Å². The Labute approximate surface area is 189 Å². The molecule has 0 radical (unpaired) electrons. The van der Waals surface area contributed by atoms with Crippen LogP contribution < -0.4 is 0 Å². The molecule has 31 heavy (non-hydrogen) atoms. The van der Waals surface area contributed by atoms with Gasteiger partial charge in [0.2, 0.25) is 0 Å². The second-order valence-corrected chi connectivity index (χ2v) is 8.54. The van der Waals surface area contributed by atoms with E-state index in [2.05, 4.69) is 11.9 Å². The normalized spacial score (nSPS) is 11.8. The van der Waals surface area contributed by atoms with E-state index >= 15 is 0 Å². The highest BCUT2D eigenvalue weighted by atomic mass is 16.5. The van der Waals surface area contributed by atoms with E-state index in [-0.39, 0.29) is 11.4 Å². The third-order valence-corrected chi connectivity index (χ3v) is 5.59. The third kappa shape index (κ3) is 13.2. The zero-order chi connectivity index (χ0) is 22.7. The van der Waals surface area contributed by atoms with Crippen molar-refractivity contribution in [1.29, 1.82) is 0 Å². The number of ether oxygens (including phenoxy) is 2. The van der Waals surface area contributed by atoms with Crippen LogP contribution in [0.25, 0.3) is 0 Å². The first-order valence-electron chi connectivity index (χ1n) is 12.4. The summed E-state index contributed by atoms with van der Waals surface area (Å²) in [6.45, 7) is 7.06. The Morgan fingerprint density at radius 3 is 1.77 bits per heavy atom. The van der Waals surface area contributed by atoms with Gasteiger partial charge in [0, 0.05) is 0 Å². The predicted octanol–water partition coefficient (Wildman–Crippen LogP) is 7.14. The van der Waals surface area contributed by atoms with Gasteiger partial charge in [0.05, 0.1) is 13.2 Å². The minimum Gasteiger partial charge on any atom is -0.461 e. The first kappa shape index (κ1) is 27.1. The smallest absolute Gasteiger partial charge is 0.356 e. The van der Waals surface area contributed by atoms with Crippen molar-refractivity contribution in [3.63, 3.8) is 0 Å². The van der Waals surface area contributed by atoms with Gasteiger partial charge >= 0.3 is 11.9 Å². The Bertz CT molecular complexity index is 617.